The summed E-state index contributed by atoms with van der Waals surface area (Å²) in [5.41, 5.74) is 0.161. The molecule has 4 aliphatic carbocycles. The van der Waals surface area contributed by atoms with E-state index in [0.717, 1.165) is 73.2 Å². The summed E-state index contributed by atoms with van der Waals surface area (Å²) in [6.07, 6.45) is 10.3. The molecule has 6 aliphatic rings. The highest BCUT2D eigenvalue weighted by molar-refractivity contribution is 5.83. The van der Waals surface area contributed by atoms with Crippen molar-refractivity contribution in [2.75, 3.05) is 13.1 Å². The van der Waals surface area contributed by atoms with Crippen LogP contribution in [0.4, 0.5) is 0 Å². The van der Waals surface area contributed by atoms with E-state index in [1.807, 2.05) is 0 Å². The Morgan fingerprint density at radius 1 is 0.900 bits per heavy atom. The van der Waals surface area contributed by atoms with Gasteiger partial charge in [-0.1, -0.05) is 20.8 Å². The Morgan fingerprint density at radius 3 is 2.53 bits per heavy atom. The number of fused-ring (bicyclic) bond motifs is 8. The summed E-state index contributed by atoms with van der Waals surface area (Å²) in [5.74, 6) is 7.19. The summed E-state index contributed by atoms with van der Waals surface area (Å²) in [5, 5.41) is 10.3. The normalized spacial score (nSPS) is 58.3. The predicted molar refractivity (Wildman–Crippen MR) is 119 cm³/mol. The van der Waals surface area contributed by atoms with Crippen LogP contribution in [0.25, 0.3) is 0 Å². The fourth-order valence-electron chi connectivity index (χ4n) is 10.3. The number of rotatable bonds is 0. The number of carbonyl (C=O) groups is 1. The van der Waals surface area contributed by atoms with E-state index in [0.29, 0.717) is 11.7 Å². The Hall–Kier alpha value is -0.410. The summed E-state index contributed by atoms with van der Waals surface area (Å²) in [6, 6.07) is 0.839. The maximum atomic E-state index is 13.2. The Balaban J connectivity index is 1.28. The lowest BCUT2D eigenvalue weighted by Gasteiger charge is -2.56. The minimum absolute atomic E-state index is 0.135. The third-order valence-electron chi connectivity index (χ3n) is 11.8. The molecule has 0 radical (unpaired) electrons. The summed E-state index contributed by atoms with van der Waals surface area (Å²) in [7, 11) is 0. The zero-order valence-corrected chi connectivity index (χ0v) is 19.4. The number of aliphatic hydroxyl groups is 1. The smallest absolute Gasteiger partial charge is 0.136 e. The van der Waals surface area contributed by atoms with Crippen molar-refractivity contribution in [1.82, 2.24) is 4.90 Å². The van der Waals surface area contributed by atoms with Crippen molar-refractivity contribution in [2.24, 2.45) is 58.7 Å². The lowest BCUT2D eigenvalue weighted by Crippen LogP contribution is -2.58. The van der Waals surface area contributed by atoms with Gasteiger partial charge in [0.15, 0.2) is 0 Å². The van der Waals surface area contributed by atoms with Gasteiger partial charge in [0.25, 0.3) is 0 Å². The van der Waals surface area contributed by atoms with Gasteiger partial charge in [0.1, 0.15) is 5.78 Å². The van der Waals surface area contributed by atoms with Gasteiger partial charge in [-0.2, -0.15) is 0 Å². The molecule has 4 saturated carbocycles. The molecule has 0 spiro atoms. The Labute approximate surface area is 183 Å². The van der Waals surface area contributed by atoms with Gasteiger partial charge in [0, 0.05) is 31.5 Å². The molecule has 12 atom stereocenters. The number of hydrogen-bond acceptors (Lipinski definition) is 3. The summed E-state index contributed by atoms with van der Waals surface area (Å²) in [6.45, 7) is 10.1. The van der Waals surface area contributed by atoms with Crippen LogP contribution in [0, 0.1) is 58.7 Å². The molecule has 3 heteroatoms. The Kier molecular flexibility index (Phi) is 4.75. The van der Waals surface area contributed by atoms with E-state index in [2.05, 4.69) is 25.7 Å². The summed E-state index contributed by atoms with van der Waals surface area (Å²) < 4.78 is 0. The monoisotopic (exact) mass is 413 g/mol. The topological polar surface area (TPSA) is 40.5 Å². The third-order valence-corrected chi connectivity index (χ3v) is 11.8. The van der Waals surface area contributed by atoms with Gasteiger partial charge in [-0.3, -0.25) is 9.69 Å². The largest absolute Gasteiger partial charge is 0.393 e. The number of aliphatic hydroxyl groups excluding tert-OH is 1. The van der Waals surface area contributed by atoms with Gasteiger partial charge in [0.05, 0.1) is 6.10 Å². The molecule has 168 valence electrons. The predicted octanol–water partition coefficient (Wildman–Crippen LogP) is 4.77. The van der Waals surface area contributed by atoms with Crippen molar-refractivity contribution in [3.8, 4) is 0 Å². The molecule has 0 aromatic carbocycles. The van der Waals surface area contributed by atoms with Gasteiger partial charge in [-0.25, -0.2) is 0 Å². The van der Waals surface area contributed by atoms with E-state index >= 15 is 0 Å². The first-order valence-electron chi connectivity index (χ1n) is 13.3. The highest BCUT2D eigenvalue weighted by Gasteiger charge is 2.62. The van der Waals surface area contributed by atoms with Gasteiger partial charge >= 0.3 is 0 Å². The van der Waals surface area contributed by atoms with Gasteiger partial charge in [0.2, 0.25) is 0 Å². The van der Waals surface area contributed by atoms with Crippen molar-refractivity contribution in [3.05, 3.63) is 0 Å². The van der Waals surface area contributed by atoms with Crippen LogP contribution in [0.5, 0.6) is 0 Å². The van der Waals surface area contributed by atoms with Crippen molar-refractivity contribution in [2.45, 2.75) is 90.7 Å². The Bertz CT molecular complexity index is 705. The maximum Gasteiger partial charge on any atom is 0.136 e. The minimum atomic E-state index is -0.242. The maximum absolute atomic E-state index is 13.2. The second kappa shape index (κ2) is 7.04. The number of carbonyl (C=O) groups excluding carboxylic acids is 1. The SMILES string of the molecule is C[C@H]1CC[C@@H]2[C@H](C)[C@@H]3CC[C@@H]4[C@H](C[C@H]5[C@@H]4CC(=O)[C@H]4C[C@@H](O)CC[C@@]45C)[C@@H]3CN2C1. The summed E-state index contributed by atoms with van der Waals surface area (Å²) in [4.78, 5) is 16.1. The van der Waals surface area contributed by atoms with E-state index in [1.165, 1.54) is 45.2 Å². The second-order valence-electron chi connectivity index (χ2n) is 13.0. The molecule has 6 rings (SSSR count). The lowest BCUT2D eigenvalue weighted by molar-refractivity contribution is -0.145. The fourth-order valence-corrected chi connectivity index (χ4v) is 10.3. The van der Waals surface area contributed by atoms with Crippen LogP contribution >= 0.6 is 0 Å². The van der Waals surface area contributed by atoms with E-state index in [9.17, 15) is 9.90 Å². The quantitative estimate of drug-likeness (QED) is 0.622. The molecule has 2 heterocycles. The molecule has 0 aromatic rings. The second-order valence-corrected chi connectivity index (χ2v) is 13.0. The molecule has 2 saturated heterocycles. The zero-order chi connectivity index (χ0) is 20.8. The Morgan fingerprint density at radius 2 is 1.70 bits per heavy atom. The molecule has 1 N–H and O–H groups in total. The number of Topliss-reactive ketones (excluding diaryl/α,β-unsaturated/α-hetero) is 1. The number of ketones is 1. The molecular weight excluding hydrogens is 370 g/mol. The standard InChI is InChI=1S/C27H43NO2/c1-15-4-7-25-16(2)18-5-6-19-20(22(18)14-28(25)13-15)11-23-21(19)12-26(30)24-10-17(29)8-9-27(23,24)3/h15-25,29H,4-14H2,1-3H3/t15-,16+,17-,18-,19+,20-,21+,22+,23-,24+,25+,27+/m0/s1. The highest BCUT2D eigenvalue weighted by Crippen LogP contribution is 2.66. The molecular formula is C27H43NO2. The molecule has 0 unspecified atom stereocenters. The van der Waals surface area contributed by atoms with Crippen LogP contribution in [-0.2, 0) is 4.79 Å². The van der Waals surface area contributed by atoms with Crippen LogP contribution in [0.15, 0.2) is 0 Å². The van der Waals surface area contributed by atoms with Crippen LogP contribution in [-0.4, -0.2) is 41.0 Å². The first-order valence-corrected chi connectivity index (χ1v) is 13.3. The van der Waals surface area contributed by atoms with Crippen molar-refractivity contribution < 1.29 is 9.90 Å². The number of nitrogens with zero attached hydrogens (tertiary/aromatic N) is 1. The molecule has 0 aromatic heterocycles. The van der Waals surface area contributed by atoms with Crippen LogP contribution < -0.4 is 0 Å². The molecule has 0 bridgehead atoms. The lowest BCUT2D eigenvalue weighted by atomic mass is 9.51. The number of hydrogen-bond donors (Lipinski definition) is 1. The first-order chi connectivity index (χ1) is 14.4. The third kappa shape index (κ3) is 2.79. The van der Waals surface area contributed by atoms with Crippen LogP contribution in [0.2, 0.25) is 0 Å². The van der Waals surface area contributed by atoms with E-state index in [-0.39, 0.29) is 17.4 Å². The van der Waals surface area contributed by atoms with Crippen LogP contribution in [0.1, 0.15) is 78.6 Å². The average Bonchev–Trinajstić information content (AvgIpc) is 3.09. The number of piperidine rings is 2. The van der Waals surface area contributed by atoms with Crippen molar-refractivity contribution in [3.63, 3.8) is 0 Å². The highest BCUT2D eigenvalue weighted by atomic mass is 16.3. The zero-order valence-electron chi connectivity index (χ0n) is 19.4. The van der Waals surface area contributed by atoms with E-state index in [1.54, 1.807) is 0 Å². The van der Waals surface area contributed by atoms with Gasteiger partial charge in [-0.05, 0) is 104 Å². The molecule has 2 aliphatic heterocycles. The molecule has 30 heavy (non-hydrogen) atoms. The molecule has 3 nitrogen and oxygen atoms in total. The van der Waals surface area contributed by atoms with Crippen molar-refractivity contribution in [1.29, 1.82) is 0 Å². The van der Waals surface area contributed by atoms with Gasteiger partial charge < -0.3 is 5.11 Å². The minimum Gasteiger partial charge on any atom is -0.393 e. The average molecular weight is 414 g/mol. The summed E-state index contributed by atoms with van der Waals surface area (Å²) >= 11 is 0. The fraction of sp³-hybridized carbons (Fsp3) is 0.963. The van der Waals surface area contributed by atoms with Crippen molar-refractivity contribution >= 4 is 5.78 Å². The molecule has 6 fully saturated rings. The molecule has 0 amide bonds. The first kappa shape index (κ1) is 20.2. The van der Waals surface area contributed by atoms with Gasteiger partial charge in [-0.15, -0.1) is 0 Å². The van der Waals surface area contributed by atoms with E-state index in [4.69, 9.17) is 0 Å². The van der Waals surface area contributed by atoms with Crippen LogP contribution in [0.3, 0.4) is 0 Å². The van der Waals surface area contributed by atoms with E-state index < -0.39 is 0 Å².